The number of amides is 1. The van der Waals surface area contributed by atoms with E-state index in [1.165, 1.54) is 19.6 Å². The second-order valence-corrected chi connectivity index (χ2v) is 7.95. The zero-order valence-corrected chi connectivity index (χ0v) is 18.8. The maximum atomic E-state index is 13.5. The standard InChI is InChI=1S/C23H30N6O3/c1-16(2)21(28(11-7-10-24)19(30)14-32-3)22-27-18-12-25-15-26-20(18)23(31)29(22)13-17-8-5-4-6-9-17/h4-6,8-9,12,15-16,21H,7,10-11,13-14,24H2,1-3H3. The lowest BCUT2D eigenvalue weighted by atomic mass is 10.00. The molecular formula is C23H30N6O3. The second-order valence-electron chi connectivity index (χ2n) is 7.95. The van der Waals surface area contributed by atoms with Gasteiger partial charge in [-0.3, -0.25) is 14.2 Å². The molecule has 170 valence electrons. The molecule has 3 rings (SSSR count). The van der Waals surface area contributed by atoms with E-state index in [1.807, 2.05) is 44.2 Å². The highest BCUT2D eigenvalue weighted by Gasteiger charge is 2.32. The molecule has 0 fully saturated rings. The molecule has 0 spiro atoms. The first-order valence-corrected chi connectivity index (χ1v) is 10.7. The Bertz CT molecular complexity index is 1100. The normalized spacial score (nSPS) is 12.3. The van der Waals surface area contributed by atoms with Gasteiger partial charge in [-0.25, -0.2) is 15.0 Å². The first-order valence-electron chi connectivity index (χ1n) is 10.7. The van der Waals surface area contributed by atoms with Gasteiger partial charge in [0.05, 0.1) is 18.8 Å². The molecule has 0 aliphatic rings. The fourth-order valence-corrected chi connectivity index (χ4v) is 3.81. The van der Waals surface area contributed by atoms with E-state index in [9.17, 15) is 9.59 Å². The van der Waals surface area contributed by atoms with Crippen molar-refractivity contribution in [1.29, 1.82) is 0 Å². The number of ether oxygens (including phenoxy) is 1. The smallest absolute Gasteiger partial charge is 0.280 e. The number of methoxy groups -OCH3 is 1. The average molecular weight is 439 g/mol. The van der Waals surface area contributed by atoms with E-state index < -0.39 is 6.04 Å². The Kier molecular flexibility index (Phi) is 8.02. The molecule has 0 saturated carbocycles. The molecule has 9 nitrogen and oxygen atoms in total. The van der Waals surface area contributed by atoms with Crippen LogP contribution in [0.2, 0.25) is 0 Å². The van der Waals surface area contributed by atoms with E-state index in [0.29, 0.717) is 37.4 Å². The van der Waals surface area contributed by atoms with Crippen LogP contribution in [-0.4, -0.2) is 57.1 Å². The van der Waals surface area contributed by atoms with Gasteiger partial charge < -0.3 is 15.4 Å². The zero-order chi connectivity index (χ0) is 23.1. The summed E-state index contributed by atoms with van der Waals surface area (Å²) in [6, 6.07) is 9.22. The molecule has 1 amide bonds. The first-order chi connectivity index (χ1) is 15.5. The Morgan fingerprint density at radius 3 is 2.66 bits per heavy atom. The van der Waals surface area contributed by atoms with E-state index in [0.717, 1.165) is 5.56 Å². The van der Waals surface area contributed by atoms with Gasteiger partial charge in [0.15, 0.2) is 5.52 Å². The third-order valence-corrected chi connectivity index (χ3v) is 5.26. The molecule has 0 radical (unpaired) electrons. The maximum absolute atomic E-state index is 13.5. The van der Waals surface area contributed by atoms with Crippen LogP contribution in [0.5, 0.6) is 0 Å². The number of aromatic nitrogens is 4. The van der Waals surface area contributed by atoms with E-state index in [4.69, 9.17) is 15.5 Å². The quantitative estimate of drug-likeness (QED) is 0.513. The molecule has 0 aliphatic heterocycles. The van der Waals surface area contributed by atoms with Gasteiger partial charge in [-0.2, -0.15) is 0 Å². The molecule has 3 aromatic rings. The van der Waals surface area contributed by atoms with Crippen LogP contribution >= 0.6 is 0 Å². The van der Waals surface area contributed by atoms with Crippen molar-refractivity contribution in [2.75, 3.05) is 26.8 Å². The molecule has 9 heteroatoms. The Balaban J connectivity index is 2.22. The SMILES string of the molecule is COCC(=O)N(CCCN)C(c1nc2cncnc2c(=O)n1Cc1ccccc1)C(C)C. The molecule has 1 unspecified atom stereocenters. The summed E-state index contributed by atoms with van der Waals surface area (Å²) in [6.07, 6.45) is 3.49. The lowest BCUT2D eigenvalue weighted by Gasteiger charge is -2.35. The monoisotopic (exact) mass is 438 g/mol. The summed E-state index contributed by atoms with van der Waals surface area (Å²) in [6.45, 7) is 5.14. The number of carbonyl (C=O) groups is 1. The number of fused-ring (bicyclic) bond motifs is 1. The van der Waals surface area contributed by atoms with Crippen molar-refractivity contribution in [2.24, 2.45) is 11.7 Å². The van der Waals surface area contributed by atoms with Gasteiger partial charge in [0, 0.05) is 13.7 Å². The molecule has 32 heavy (non-hydrogen) atoms. The zero-order valence-electron chi connectivity index (χ0n) is 18.8. The number of carbonyl (C=O) groups excluding carboxylic acids is 1. The van der Waals surface area contributed by atoms with Crippen LogP contribution in [0.1, 0.15) is 37.7 Å². The van der Waals surface area contributed by atoms with Crippen molar-refractivity contribution in [3.63, 3.8) is 0 Å². The highest BCUT2D eigenvalue weighted by Crippen LogP contribution is 2.28. The van der Waals surface area contributed by atoms with Gasteiger partial charge in [-0.1, -0.05) is 44.2 Å². The van der Waals surface area contributed by atoms with Crippen LogP contribution in [0.25, 0.3) is 11.0 Å². The molecule has 0 bridgehead atoms. The summed E-state index contributed by atoms with van der Waals surface area (Å²) in [5.41, 5.74) is 7.08. The number of nitrogens with two attached hydrogens (primary N) is 1. The number of hydrogen-bond acceptors (Lipinski definition) is 7. The number of nitrogens with zero attached hydrogens (tertiary/aromatic N) is 5. The van der Waals surface area contributed by atoms with Gasteiger partial charge in [-0.15, -0.1) is 0 Å². The summed E-state index contributed by atoms with van der Waals surface area (Å²) in [4.78, 5) is 41.2. The average Bonchev–Trinajstić information content (AvgIpc) is 2.79. The molecule has 2 aromatic heterocycles. The Morgan fingerprint density at radius 1 is 1.25 bits per heavy atom. The van der Waals surface area contributed by atoms with Gasteiger partial charge in [0.25, 0.3) is 5.56 Å². The van der Waals surface area contributed by atoms with E-state index >= 15 is 0 Å². The topological polar surface area (TPSA) is 116 Å². The van der Waals surface area contributed by atoms with Gasteiger partial charge in [-0.05, 0) is 24.4 Å². The van der Waals surface area contributed by atoms with Crippen LogP contribution in [0.4, 0.5) is 0 Å². The lowest BCUT2D eigenvalue weighted by molar-refractivity contribution is -0.139. The minimum atomic E-state index is -0.454. The van der Waals surface area contributed by atoms with Crippen molar-refractivity contribution in [3.05, 3.63) is 64.6 Å². The summed E-state index contributed by atoms with van der Waals surface area (Å²) in [5, 5.41) is 0. The molecule has 1 aromatic carbocycles. The van der Waals surface area contributed by atoms with Crippen molar-refractivity contribution < 1.29 is 9.53 Å². The Labute approximate surface area is 187 Å². The highest BCUT2D eigenvalue weighted by atomic mass is 16.5. The van der Waals surface area contributed by atoms with E-state index in [-0.39, 0.29) is 29.5 Å². The Hall–Kier alpha value is -3.17. The summed E-state index contributed by atoms with van der Waals surface area (Å²) in [7, 11) is 1.49. The van der Waals surface area contributed by atoms with Crippen LogP contribution < -0.4 is 11.3 Å². The fourth-order valence-electron chi connectivity index (χ4n) is 3.81. The maximum Gasteiger partial charge on any atom is 0.280 e. The van der Waals surface area contributed by atoms with Crippen molar-refractivity contribution in [2.45, 2.75) is 32.9 Å². The van der Waals surface area contributed by atoms with Crippen LogP contribution in [0.3, 0.4) is 0 Å². The van der Waals surface area contributed by atoms with E-state index in [2.05, 4.69) is 9.97 Å². The van der Waals surface area contributed by atoms with Crippen molar-refractivity contribution in [1.82, 2.24) is 24.4 Å². The third kappa shape index (κ3) is 5.17. The highest BCUT2D eigenvalue weighted by molar-refractivity contribution is 5.78. The summed E-state index contributed by atoms with van der Waals surface area (Å²) >= 11 is 0. The minimum absolute atomic E-state index is 0.0235. The summed E-state index contributed by atoms with van der Waals surface area (Å²) in [5.74, 6) is 0.298. The predicted octanol–water partition coefficient (Wildman–Crippen LogP) is 1.76. The number of rotatable bonds is 10. The molecule has 0 aliphatic carbocycles. The predicted molar refractivity (Wildman–Crippen MR) is 122 cm³/mol. The first kappa shape index (κ1) is 23.5. The van der Waals surface area contributed by atoms with Crippen molar-refractivity contribution >= 4 is 16.9 Å². The summed E-state index contributed by atoms with van der Waals surface area (Å²) < 4.78 is 6.73. The van der Waals surface area contributed by atoms with Crippen LogP contribution in [0.15, 0.2) is 47.7 Å². The molecule has 2 heterocycles. The van der Waals surface area contributed by atoms with Gasteiger partial charge >= 0.3 is 0 Å². The fraction of sp³-hybridized carbons (Fsp3) is 0.435. The molecule has 2 N–H and O–H groups in total. The van der Waals surface area contributed by atoms with Gasteiger partial charge in [0.1, 0.15) is 24.3 Å². The Morgan fingerprint density at radius 2 is 2.00 bits per heavy atom. The largest absolute Gasteiger partial charge is 0.375 e. The van der Waals surface area contributed by atoms with Crippen molar-refractivity contribution in [3.8, 4) is 0 Å². The minimum Gasteiger partial charge on any atom is -0.375 e. The van der Waals surface area contributed by atoms with Crippen LogP contribution in [-0.2, 0) is 16.1 Å². The molecular weight excluding hydrogens is 408 g/mol. The number of hydrogen-bond donors (Lipinski definition) is 1. The number of benzene rings is 1. The molecule has 0 saturated heterocycles. The van der Waals surface area contributed by atoms with E-state index in [1.54, 1.807) is 9.47 Å². The van der Waals surface area contributed by atoms with Crippen LogP contribution in [0, 0.1) is 5.92 Å². The lowest BCUT2D eigenvalue weighted by Crippen LogP contribution is -2.43. The second kappa shape index (κ2) is 10.9. The van der Waals surface area contributed by atoms with Gasteiger partial charge in [0.2, 0.25) is 5.91 Å². The molecule has 1 atom stereocenters. The third-order valence-electron chi connectivity index (χ3n) is 5.26.